The summed E-state index contributed by atoms with van der Waals surface area (Å²) in [5, 5.41) is 8.91. The average molecular weight is 362 g/mol. The number of amides is 2. The maximum atomic E-state index is 14.4. The number of piperidine rings is 1. The summed E-state index contributed by atoms with van der Waals surface area (Å²) < 4.78 is 14.4. The second kappa shape index (κ2) is 7.85. The Balaban J connectivity index is 1.83. The lowest BCUT2D eigenvalue weighted by atomic mass is 9.96. The number of carbonyl (C=O) groups is 3. The number of rotatable bonds is 5. The predicted octanol–water partition coefficient (Wildman–Crippen LogP) is 2.81. The van der Waals surface area contributed by atoms with Crippen LogP contribution in [0.3, 0.4) is 0 Å². The molecule has 0 aromatic heterocycles. The summed E-state index contributed by atoms with van der Waals surface area (Å²) in [4.78, 5) is 38.9. The van der Waals surface area contributed by atoms with Crippen LogP contribution in [0.15, 0.2) is 18.2 Å². The van der Waals surface area contributed by atoms with E-state index in [-0.39, 0.29) is 23.9 Å². The number of anilines is 1. The van der Waals surface area contributed by atoms with E-state index in [0.717, 1.165) is 25.7 Å². The van der Waals surface area contributed by atoms with Crippen LogP contribution in [0.5, 0.6) is 0 Å². The summed E-state index contributed by atoms with van der Waals surface area (Å²) in [5.74, 6) is -1.96. The Bertz CT molecular complexity index is 721. The van der Waals surface area contributed by atoms with Gasteiger partial charge in [0.1, 0.15) is 5.82 Å². The number of hydrogen-bond donors (Lipinski definition) is 1. The number of hydrogen-bond acceptors (Lipinski definition) is 3. The molecule has 1 aromatic carbocycles. The highest BCUT2D eigenvalue weighted by atomic mass is 19.1. The maximum absolute atomic E-state index is 14.4. The largest absolute Gasteiger partial charge is 0.481 e. The fourth-order valence-corrected chi connectivity index (χ4v) is 3.78. The van der Waals surface area contributed by atoms with Gasteiger partial charge in [-0.2, -0.15) is 0 Å². The standard InChI is InChI=1S/C19H23FN2O4/c20-16-8-6-14(21-11-3-5-17(21)23)12-15(16)19(26)22-10-2-1-4-13(22)7-9-18(24)25/h6,8,12-13H,1-5,7,9-11H2,(H,24,25). The minimum absolute atomic E-state index is 0.0146. The Labute approximate surface area is 151 Å². The first-order chi connectivity index (χ1) is 12.5. The molecule has 0 spiro atoms. The third-order valence-electron chi connectivity index (χ3n) is 5.14. The highest BCUT2D eigenvalue weighted by molar-refractivity contribution is 5.99. The molecule has 3 rings (SSSR count). The van der Waals surface area contributed by atoms with Crippen molar-refractivity contribution >= 4 is 23.5 Å². The second-order valence-corrected chi connectivity index (χ2v) is 6.89. The van der Waals surface area contributed by atoms with E-state index < -0.39 is 17.7 Å². The van der Waals surface area contributed by atoms with Crippen LogP contribution in [0.25, 0.3) is 0 Å². The summed E-state index contributed by atoms with van der Waals surface area (Å²) in [6, 6.07) is 4.01. The van der Waals surface area contributed by atoms with Gasteiger partial charge in [0, 0.05) is 37.7 Å². The highest BCUT2D eigenvalue weighted by Crippen LogP contribution is 2.27. The average Bonchev–Trinajstić information content (AvgIpc) is 3.06. The van der Waals surface area contributed by atoms with Gasteiger partial charge in [0.2, 0.25) is 5.91 Å². The molecule has 2 saturated heterocycles. The Kier molecular flexibility index (Phi) is 5.54. The van der Waals surface area contributed by atoms with Crippen LogP contribution in [-0.4, -0.2) is 46.9 Å². The van der Waals surface area contributed by atoms with Gasteiger partial charge in [-0.05, 0) is 50.3 Å². The van der Waals surface area contributed by atoms with E-state index in [2.05, 4.69) is 0 Å². The van der Waals surface area contributed by atoms with E-state index in [1.165, 1.54) is 18.2 Å². The molecule has 7 heteroatoms. The fraction of sp³-hybridized carbons (Fsp3) is 0.526. The molecule has 2 aliphatic rings. The first-order valence-corrected chi connectivity index (χ1v) is 9.10. The van der Waals surface area contributed by atoms with E-state index in [4.69, 9.17) is 5.11 Å². The topological polar surface area (TPSA) is 77.9 Å². The van der Waals surface area contributed by atoms with Crippen LogP contribution in [-0.2, 0) is 9.59 Å². The summed E-state index contributed by atoms with van der Waals surface area (Å²) in [5.41, 5.74) is 0.487. The van der Waals surface area contributed by atoms with E-state index in [1.807, 2.05) is 0 Å². The summed E-state index contributed by atoms with van der Waals surface area (Å²) >= 11 is 0. The molecule has 0 saturated carbocycles. The monoisotopic (exact) mass is 362 g/mol. The van der Waals surface area contributed by atoms with Gasteiger partial charge in [0.25, 0.3) is 5.91 Å². The first kappa shape index (κ1) is 18.4. The molecule has 2 heterocycles. The van der Waals surface area contributed by atoms with Crippen molar-refractivity contribution in [2.45, 2.75) is 51.0 Å². The molecule has 0 aliphatic carbocycles. The molecule has 2 aliphatic heterocycles. The van der Waals surface area contributed by atoms with Crippen molar-refractivity contribution in [1.82, 2.24) is 4.90 Å². The molecular formula is C19H23FN2O4. The van der Waals surface area contributed by atoms with Crippen LogP contribution in [0.2, 0.25) is 0 Å². The van der Waals surface area contributed by atoms with Crippen molar-refractivity contribution in [3.8, 4) is 0 Å². The summed E-state index contributed by atoms with van der Waals surface area (Å²) in [7, 11) is 0. The Morgan fingerprint density at radius 3 is 2.69 bits per heavy atom. The van der Waals surface area contributed by atoms with Crippen molar-refractivity contribution < 1.29 is 23.9 Å². The van der Waals surface area contributed by atoms with E-state index in [9.17, 15) is 18.8 Å². The lowest BCUT2D eigenvalue weighted by Crippen LogP contribution is -2.44. The normalized spacial score (nSPS) is 20.5. The molecule has 0 bridgehead atoms. The van der Waals surface area contributed by atoms with Crippen LogP contribution < -0.4 is 4.90 Å². The number of nitrogens with zero attached hydrogens (tertiary/aromatic N) is 2. The first-order valence-electron chi connectivity index (χ1n) is 9.10. The Morgan fingerprint density at radius 1 is 1.19 bits per heavy atom. The molecule has 1 N–H and O–H groups in total. The Hall–Kier alpha value is -2.44. The number of carbonyl (C=O) groups excluding carboxylic acids is 2. The number of halogens is 1. The lowest BCUT2D eigenvalue weighted by Gasteiger charge is -2.36. The third kappa shape index (κ3) is 3.86. The number of carboxylic acids is 1. The number of likely N-dealkylation sites (tertiary alicyclic amines) is 1. The van der Waals surface area contributed by atoms with Crippen molar-refractivity contribution in [3.63, 3.8) is 0 Å². The highest BCUT2D eigenvalue weighted by Gasteiger charge is 2.30. The minimum atomic E-state index is -0.899. The van der Waals surface area contributed by atoms with Gasteiger partial charge in [0.15, 0.2) is 0 Å². The fourth-order valence-electron chi connectivity index (χ4n) is 3.78. The van der Waals surface area contributed by atoms with Gasteiger partial charge in [-0.15, -0.1) is 0 Å². The van der Waals surface area contributed by atoms with Crippen molar-refractivity contribution in [1.29, 1.82) is 0 Å². The Morgan fingerprint density at radius 2 is 2.00 bits per heavy atom. The quantitative estimate of drug-likeness (QED) is 0.874. The van der Waals surface area contributed by atoms with Crippen LogP contribution in [0, 0.1) is 5.82 Å². The molecule has 2 fully saturated rings. The third-order valence-corrected chi connectivity index (χ3v) is 5.14. The molecule has 26 heavy (non-hydrogen) atoms. The second-order valence-electron chi connectivity index (χ2n) is 6.89. The minimum Gasteiger partial charge on any atom is -0.481 e. The molecular weight excluding hydrogens is 339 g/mol. The molecule has 0 radical (unpaired) electrons. The van der Waals surface area contributed by atoms with E-state index >= 15 is 0 Å². The zero-order chi connectivity index (χ0) is 18.7. The summed E-state index contributed by atoms with van der Waals surface area (Å²) in [6.45, 7) is 1.07. The van der Waals surface area contributed by atoms with Gasteiger partial charge in [-0.25, -0.2) is 4.39 Å². The smallest absolute Gasteiger partial charge is 0.303 e. The molecule has 1 unspecified atom stereocenters. The predicted molar refractivity (Wildman–Crippen MR) is 93.5 cm³/mol. The van der Waals surface area contributed by atoms with Crippen molar-refractivity contribution in [2.24, 2.45) is 0 Å². The van der Waals surface area contributed by atoms with Crippen LogP contribution in [0.1, 0.15) is 55.3 Å². The zero-order valence-corrected chi connectivity index (χ0v) is 14.6. The molecule has 1 aromatic rings. The van der Waals surface area contributed by atoms with E-state index in [0.29, 0.717) is 31.6 Å². The number of aliphatic carboxylic acids is 1. The lowest BCUT2D eigenvalue weighted by molar-refractivity contribution is -0.137. The summed E-state index contributed by atoms with van der Waals surface area (Å²) in [6.07, 6.45) is 4.05. The number of benzene rings is 1. The van der Waals surface area contributed by atoms with Crippen LogP contribution >= 0.6 is 0 Å². The van der Waals surface area contributed by atoms with Crippen LogP contribution in [0.4, 0.5) is 10.1 Å². The van der Waals surface area contributed by atoms with Gasteiger partial charge in [-0.3, -0.25) is 14.4 Å². The van der Waals surface area contributed by atoms with Crippen molar-refractivity contribution in [2.75, 3.05) is 18.0 Å². The molecule has 1 atom stereocenters. The van der Waals surface area contributed by atoms with Gasteiger partial charge >= 0.3 is 5.97 Å². The van der Waals surface area contributed by atoms with Gasteiger partial charge in [0.05, 0.1) is 5.56 Å². The molecule has 140 valence electrons. The van der Waals surface area contributed by atoms with E-state index in [1.54, 1.807) is 9.80 Å². The van der Waals surface area contributed by atoms with Gasteiger partial charge in [-0.1, -0.05) is 0 Å². The molecule has 6 nitrogen and oxygen atoms in total. The van der Waals surface area contributed by atoms with Gasteiger partial charge < -0.3 is 14.9 Å². The maximum Gasteiger partial charge on any atom is 0.303 e. The zero-order valence-electron chi connectivity index (χ0n) is 14.6. The van der Waals surface area contributed by atoms with Crippen molar-refractivity contribution in [3.05, 3.63) is 29.6 Å². The molecule has 2 amide bonds. The number of carboxylic acid groups (broad SMARTS) is 1. The SMILES string of the molecule is O=C(O)CCC1CCCCN1C(=O)c1cc(N2CCCC2=O)ccc1F.